The molecule has 0 amide bonds. The summed E-state index contributed by atoms with van der Waals surface area (Å²) in [5.74, 6) is 0.993. The number of rotatable bonds is 2. The average molecular weight is 299 g/mol. The molecule has 7 heteroatoms. The van der Waals surface area contributed by atoms with Gasteiger partial charge in [-0.15, -0.1) is 0 Å². The molecule has 1 aliphatic heterocycles. The van der Waals surface area contributed by atoms with Crippen molar-refractivity contribution in [2.45, 2.75) is 19.1 Å². The van der Waals surface area contributed by atoms with E-state index in [-0.39, 0.29) is 12.2 Å². The molecular weight excluding hydrogens is 282 g/mol. The molecule has 0 aromatic carbocycles. The van der Waals surface area contributed by atoms with Crippen molar-refractivity contribution < 1.29 is 9.26 Å². The summed E-state index contributed by atoms with van der Waals surface area (Å²) in [5.41, 5.74) is 1.71. The lowest BCUT2D eigenvalue weighted by molar-refractivity contribution is -0.0838. The summed E-state index contributed by atoms with van der Waals surface area (Å²) in [6.07, 6.45) is 3.56. The van der Waals surface area contributed by atoms with Crippen LogP contribution in [0.15, 0.2) is 29.0 Å². The lowest BCUT2D eigenvalue weighted by atomic mass is 10.2. The summed E-state index contributed by atoms with van der Waals surface area (Å²) in [5, 5.41) is 5.06. The second kappa shape index (κ2) is 5.19. The Hall–Kier alpha value is -2.25. The maximum absolute atomic E-state index is 5.90. The van der Waals surface area contributed by atoms with Crippen molar-refractivity contribution in [2.24, 2.45) is 0 Å². The van der Waals surface area contributed by atoms with E-state index in [0.29, 0.717) is 17.4 Å². The van der Waals surface area contributed by atoms with Crippen molar-refractivity contribution in [3.63, 3.8) is 0 Å². The van der Waals surface area contributed by atoms with E-state index in [1.165, 1.54) is 0 Å². The Balaban J connectivity index is 1.68. The SMILES string of the molecule is C[C@@H]1CN(C)C[C@H](c2nc(-c3nccc4[nH]ccc34)no2)O1. The first-order valence-electron chi connectivity index (χ1n) is 7.31. The highest BCUT2D eigenvalue weighted by Crippen LogP contribution is 2.27. The van der Waals surface area contributed by atoms with Gasteiger partial charge in [0, 0.05) is 36.4 Å². The van der Waals surface area contributed by atoms with Crippen LogP contribution in [-0.4, -0.2) is 51.2 Å². The number of nitrogens with zero attached hydrogens (tertiary/aromatic N) is 4. The number of aromatic amines is 1. The number of pyridine rings is 1. The molecule has 0 radical (unpaired) electrons. The van der Waals surface area contributed by atoms with E-state index in [9.17, 15) is 0 Å². The zero-order valence-electron chi connectivity index (χ0n) is 12.5. The topological polar surface area (TPSA) is 80.1 Å². The zero-order chi connectivity index (χ0) is 15.1. The Bertz CT molecular complexity index is 786. The van der Waals surface area contributed by atoms with E-state index in [1.807, 2.05) is 25.3 Å². The summed E-state index contributed by atoms with van der Waals surface area (Å²) < 4.78 is 11.3. The minimum Gasteiger partial charge on any atom is -0.363 e. The number of morpholine rings is 1. The van der Waals surface area contributed by atoms with Gasteiger partial charge in [0.1, 0.15) is 11.8 Å². The van der Waals surface area contributed by atoms with Crippen LogP contribution in [0.1, 0.15) is 18.9 Å². The average Bonchev–Trinajstić information content (AvgIpc) is 3.15. The summed E-state index contributed by atoms with van der Waals surface area (Å²) in [7, 11) is 2.06. The van der Waals surface area contributed by atoms with Crippen LogP contribution in [0.25, 0.3) is 22.4 Å². The van der Waals surface area contributed by atoms with Crippen molar-refractivity contribution >= 4 is 10.9 Å². The van der Waals surface area contributed by atoms with Gasteiger partial charge in [0.05, 0.1) is 6.10 Å². The predicted octanol–water partition coefficient (Wildman–Crippen LogP) is 2.00. The van der Waals surface area contributed by atoms with Crippen LogP contribution in [0, 0.1) is 0 Å². The van der Waals surface area contributed by atoms with Gasteiger partial charge in [-0.05, 0) is 26.1 Å². The molecule has 0 spiro atoms. The molecule has 0 bridgehead atoms. The van der Waals surface area contributed by atoms with Crippen LogP contribution in [0.3, 0.4) is 0 Å². The van der Waals surface area contributed by atoms with Gasteiger partial charge in [0.2, 0.25) is 5.82 Å². The summed E-state index contributed by atoms with van der Waals surface area (Å²) >= 11 is 0. The van der Waals surface area contributed by atoms with E-state index in [1.54, 1.807) is 6.20 Å². The number of fused-ring (bicyclic) bond motifs is 1. The largest absolute Gasteiger partial charge is 0.363 e. The number of likely N-dealkylation sites (N-methyl/N-ethyl adjacent to an activating group) is 1. The quantitative estimate of drug-likeness (QED) is 0.779. The molecular formula is C15H17N5O2. The minimum atomic E-state index is -0.194. The third-order valence-electron chi connectivity index (χ3n) is 3.85. The van der Waals surface area contributed by atoms with Gasteiger partial charge in [-0.1, -0.05) is 5.16 Å². The second-order valence-electron chi connectivity index (χ2n) is 5.71. The Morgan fingerprint density at radius 2 is 2.23 bits per heavy atom. The van der Waals surface area contributed by atoms with Crippen molar-refractivity contribution in [2.75, 3.05) is 20.1 Å². The zero-order valence-corrected chi connectivity index (χ0v) is 12.5. The van der Waals surface area contributed by atoms with Crippen molar-refractivity contribution in [3.8, 4) is 11.5 Å². The molecule has 3 aromatic rings. The molecule has 1 fully saturated rings. The highest BCUT2D eigenvalue weighted by molar-refractivity contribution is 5.90. The van der Waals surface area contributed by atoms with E-state index in [2.05, 4.69) is 32.1 Å². The van der Waals surface area contributed by atoms with Crippen LogP contribution in [-0.2, 0) is 4.74 Å². The fourth-order valence-electron chi connectivity index (χ4n) is 2.92. The molecule has 0 saturated carbocycles. The molecule has 1 aliphatic rings. The van der Waals surface area contributed by atoms with Gasteiger partial charge < -0.3 is 19.1 Å². The number of hydrogen-bond acceptors (Lipinski definition) is 6. The van der Waals surface area contributed by atoms with Gasteiger partial charge in [0.25, 0.3) is 5.89 Å². The highest BCUT2D eigenvalue weighted by atomic mass is 16.5. The van der Waals surface area contributed by atoms with Crippen LogP contribution in [0.2, 0.25) is 0 Å². The monoisotopic (exact) mass is 299 g/mol. The molecule has 1 N–H and O–H groups in total. The van der Waals surface area contributed by atoms with Crippen LogP contribution >= 0.6 is 0 Å². The molecule has 0 unspecified atom stereocenters. The van der Waals surface area contributed by atoms with E-state index in [4.69, 9.17) is 9.26 Å². The van der Waals surface area contributed by atoms with Gasteiger partial charge in [0.15, 0.2) is 0 Å². The lowest BCUT2D eigenvalue weighted by Gasteiger charge is -2.32. The normalized spacial score (nSPS) is 23.2. The first kappa shape index (κ1) is 13.4. The predicted molar refractivity (Wildman–Crippen MR) is 80.2 cm³/mol. The maximum atomic E-state index is 5.90. The van der Waals surface area contributed by atoms with Gasteiger partial charge >= 0.3 is 0 Å². The lowest BCUT2D eigenvalue weighted by Crippen LogP contribution is -2.40. The Morgan fingerprint density at radius 1 is 1.32 bits per heavy atom. The molecule has 1 saturated heterocycles. The van der Waals surface area contributed by atoms with Crippen molar-refractivity contribution in [1.82, 2.24) is 25.0 Å². The van der Waals surface area contributed by atoms with Crippen molar-refractivity contribution in [3.05, 3.63) is 30.4 Å². The van der Waals surface area contributed by atoms with Gasteiger partial charge in [-0.25, -0.2) is 0 Å². The van der Waals surface area contributed by atoms with Crippen LogP contribution in [0.4, 0.5) is 0 Å². The number of H-pyrrole nitrogens is 1. The van der Waals surface area contributed by atoms with E-state index in [0.717, 1.165) is 24.0 Å². The highest BCUT2D eigenvalue weighted by Gasteiger charge is 2.29. The molecule has 7 nitrogen and oxygen atoms in total. The molecule has 4 heterocycles. The Morgan fingerprint density at radius 3 is 3.09 bits per heavy atom. The molecule has 2 atom stereocenters. The molecule has 4 rings (SSSR count). The third-order valence-corrected chi connectivity index (χ3v) is 3.85. The molecule has 0 aliphatic carbocycles. The molecule has 114 valence electrons. The number of hydrogen-bond donors (Lipinski definition) is 1. The summed E-state index contributed by atoms with van der Waals surface area (Å²) in [4.78, 5) is 14.2. The molecule has 3 aromatic heterocycles. The minimum absolute atomic E-state index is 0.144. The van der Waals surface area contributed by atoms with Crippen LogP contribution < -0.4 is 0 Å². The Labute approximate surface area is 127 Å². The van der Waals surface area contributed by atoms with Crippen LogP contribution in [0.5, 0.6) is 0 Å². The van der Waals surface area contributed by atoms with Gasteiger partial charge in [-0.3, -0.25) is 4.98 Å². The smallest absolute Gasteiger partial charge is 0.257 e. The van der Waals surface area contributed by atoms with Gasteiger partial charge in [-0.2, -0.15) is 4.98 Å². The van der Waals surface area contributed by atoms with Crippen molar-refractivity contribution in [1.29, 1.82) is 0 Å². The number of ether oxygens (including phenoxy) is 1. The second-order valence-corrected chi connectivity index (χ2v) is 5.71. The third kappa shape index (κ3) is 2.28. The molecule has 22 heavy (non-hydrogen) atoms. The standard InChI is InChI=1S/C15H17N5O2/c1-9-7-20(2)8-12(21-9)15-18-14(19-22-15)13-10-3-5-16-11(10)4-6-17-13/h3-6,9,12,16H,7-8H2,1-2H3/t9-,12-/m1/s1. The Kier molecular flexibility index (Phi) is 3.16. The summed E-state index contributed by atoms with van der Waals surface area (Å²) in [6.45, 7) is 3.69. The van der Waals surface area contributed by atoms with E-state index < -0.39 is 0 Å². The number of aromatic nitrogens is 4. The van der Waals surface area contributed by atoms with E-state index >= 15 is 0 Å². The first-order valence-corrected chi connectivity index (χ1v) is 7.31. The number of nitrogens with one attached hydrogen (secondary N) is 1. The maximum Gasteiger partial charge on any atom is 0.257 e. The summed E-state index contributed by atoms with van der Waals surface area (Å²) in [6, 6.07) is 3.88. The fourth-order valence-corrected chi connectivity index (χ4v) is 2.92. The first-order chi connectivity index (χ1) is 10.7. The fraction of sp³-hybridized carbons (Fsp3) is 0.400.